The van der Waals surface area contributed by atoms with E-state index < -0.39 is 17.6 Å². The predicted molar refractivity (Wildman–Crippen MR) is 94.9 cm³/mol. The van der Waals surface area contributed by atoms with Crippen molar-refractivity contribution >= 4 is 11.6 Å². The Bertz CT molecular complexity index is 855. The molecule has 0 spiro atoms. The molecule has 1 fully saturated rings. The fourth-order valence-electron chi connectivity index (χ4n) is 3.15. The first-order valence-corrected chi connectivity index (χ1v) is 8.52. The second-order valence-corrected chi connectivity index (χ2v) is 6.83. The molecule has 26 heavy (non-hydrogen) atoms. The molecule has 6 heteroatoms. The summed E-state index contributed by atoms with van der Waals surface area (Å²) in [6.07, 6.45) is -2.27. The summed E-state index contributed by atoms with van der Waals surface area (Å²) in [7, 11) is 0. The van der Waals surface area contributed by atoms with E-state index in [9.17, 15) is 18.0 Å². The highest BCUT2D eigenvalue weighted by molar-refractivity contribution is 5.94. The van der Waals surface area contributed by atoms with Crippen molar-refractivity contribution in [3.63, 3.8) is 0 Å². The average Bonchev–Trinajstić information content (AvgIpc) is 3.40. The summed E-state index contributed by atoms with van der Waals surface area (Å²) in [5.41, 5.74) is 8.96. The molecular weight excluding hydrogens is 341 g/mol. The van der Waals surface area contributed by atoms with Crippen LogP contribution in [-0.4, -0.2) is 5.91 Å². The number of nitrogen functional groups attached to an aromatic ring is 1. The lowest BCUT2D eigenvalue weighted by atomic mass is 9.96. The van der Waals surface area contributed by atoms with Crippen molar-refractivity contribution < 1.29 is 18.0 Å². The van der Waals surface area contributed by atoms with Gasteiger partial charge in [0.2, 0.25) is 0 Å². The topological polar surface area (TPSA) is 55.1 Å². The van der Waals surface area contributed by atoms with Gasteiger partial charge in [-0.3, -0.25) is 4.79 Å². The van der Waals surface area contributed by atoms with Crippen molar-refractivity contribution in [1.29, 1.82) is 0 Å². The number of carbonyl (C=O) groups is 1. The number of nitrogens with one attached hydrogen (secondary N) is 1. The van der Waals surface area contributed by atoms with Gasteiger partial charge in [-0.15, -0.1) is 0 Å². The highest BCUT2D eigenvalue weighted by Crippen LogP contribution is 2.43. The van der Waals surface area contributed by atoms with E-state index in [1.54, 1.807) is 0 Å². The quantitative estimate of drug-likeness (QED) is 0.774. The van der Waals surface area contributed by atoms with Crippen LogP contribution >= 0.6 is 0 Å². The van der Waals surface area contributed by atoms with Crippen LogP contribution < -0.4 is 11.1 Å². The number of alkyl halides is 3. The summed E-state index contributed by atoms with van der Waals surface area (Å²) in [5, 5.41) is 2.74. The van der Waals surface area contributed by atoms with E-state index in [0.29, 0.717) is 11.6 Å². The van der Waals surface area contributed by atoms with Gasteiger partial charge in [-0.05, 0) is 73.1 Å². The van der Waals surface area contributed by atoms with Gasteiger partial charge in [0.25, 0.3) is 5.91 Å². The number of nitrogens with two attached hydrogens (primary N) is 1. The Morgan fingerprint density at radius 2 is 1.88 bits per heavy atom. The SMILES string of the molecule is Cc1ccc(C(=O)NCc2c(C3CC3)ccc(N)c2C)cc1C(F)(F)F. The molecule has 0 saturated heterocycles. The molecule has 1 aliphatic rings. The number of carbonyl (C=O) groups excluding carboxylic acids is 1. The molecule has 1 aliphatic carbocycles. The van der Waals surface area contributed by atoms with Gasteiger partial charge in [0.1, 0.15) is 0 Å². The van der Waals surface area contributed by atoms with E-state index in [4.69, 9.17) is 5.73 Å². The zero-order valence-electron chi connectivity index (χ0n) is 14.7. The Kier molecular flexibility index (Phi) is 4.69. The summed E-state index contributed by atoms with van der Waals surface area (Å²) in [6.45, 7) is 3.52. The van der Waals surface area contributed by atoms with Crippen molar-refractivity contribution in [3.8, 4) is 0 Å². The Morgan fingerprint density at radius 1 is 1.19 bits per heavy atom. The zero-order valence-corrected chi connectivity index (χ0v) is 14.7. The highest BCUT2D eigenvalue weighted by atomic mass is 19.4. The lowest BCUT2D eigenvalue weighted by molar-refractivity contribution is -0.138. The lowest BCUT2D eigenvalue weighted by Crippen LogP contribution is -2.24. The van der Waals surface area contributed by atoms with E-state index in [2.05, 4.69) is 5.32 Å². The first-order valence-electron chi connectivity index (χ1n) is 8.52. The average molecular weight is 362 g/mol. The van der Waals surface area contributed by atoms with Crippen LogP contribution in [0.2, 0.25) is 0 Å². The Hall–Kier alpha value is -2.50. The van der Waals surface area contributed by atoms with Crippen LogP contribution in [0.15, 0.2) is 30.3 Å². The van der Waals surface area contributed by atoms with Gasteiger partial charge in [-0.2, -0.15) is 13.2 Å². The minimum Gasteiger partial charge on any atom is -0.399 e. The number of amides is 1. The number of rotatable bonds is 4. The van der Waals surface area contributed by atoms with Crippen LogP contribution in [0, 0.1) is 13.8 Å². The van der Waals surface area contributed by atoms with Crippen molar-refractivity contribution in [2.45, 2.75) is 45.3 Å². The van der Waals surface area contributed by atoms with Gasteiger partial charge >= 0.3 is 6.18 Å². The summed E-state index contributed by atoms with van der Waals surface area (Å²) >= 11 is 0. The third kappa shape index (κ3) is 3.69. The van der Waals surface area contributed by atoms with Crippen LogP contribution in [-0.2, 0) is 12.7 Å². The minimum absolute atomic E-state index is 0.00236. The van der Waals surface area contributed by atoms with Crippen molar-refractivity contribution in [2.24, 2.45) is 0 Å². The normalized spacial score (nSPS) is 14.3. The number of benzene rings is 2. The molecule has 0 radical (unpaired) electrons. The van der Waals surface area contributed by atoms with E-state index in [1.165, 1.54) is 19.1 Å². The molecule has 3 N–H and O–H groups in total. The maximum atomic E-state index is 13.0. The van der Waals surface area contributed by atoms with E-state index >= 15 is 0 Å². The number of aryl methyl sites for hydroxylation is 1. The van der Waals surface area contributed by atoms with Crippen LogP contribution in [0.25, 0.3) is 0 Å². The third-order valence-electron chi connectivity index (χ3n) is 4.92. The predicted octanol–water partition coefficient (Wildman–Crippen LogP) is 4.71. The van der Waals surface area contributed by atoms with Crippen LogP contribution in [0.5, 0.6) is 0 Å². The van der Waals surface area contributed by atoms with E-state index in [1.807, 2.05) is 19.1 Å². The van der Waals surface area contributed by atoms with Crippen LogP contribution in [0.3, 0.4) is 0 Å². The summed E-state index contributed by atoms with van der Waals surface area (Å²) in [5.74, 6) is -0.0449. The lowest BCUT2D eigenvalue weighted by Gasteiger charge is -2.16. The Balaban J connectivity index is 1.81. The van der Waals surface area contributed by atoms with Gasteiger partial charge < -0.3 is 11.1 Å². The van der Waals surface area contributed by atoms with Crippen LogP contribution in [0.4, 0.5) is 18.9 Å². The van der Waals surface area contributed by atoms with Gasteiger partial charge in [0, 0.05) is 17.8 Å². The standard InChI is InChI=1S/C20H21F3N2O/c1-11-3-4-14(9-17(11)20(21,22)23)19(26)25-10-16-12(2)18(24)8-7-15(16)13-5-6-13/h3-4,7-9,13H,5-6,10,24H2,1-2H3,(H,25,26). The molecule has 0 aliphatic heterocycles. The Morgan fingerprint density at radius 3 is 2.50 bits per heavy atom. The number of hydrogen-bond donors (Lipinski definition) is 2. The molecule has 0 bridgehead atoms. The molecule has 0 aromatic heterocycles. The maximum Gasteiger partial charge on any atom is 0.416 e. The maximum absolute atomic E-state index is 13.0. The number of hydrogen-bond acceptors (Lipinski definition) is 2. The summed E-state index contributed by atoms with van der Waals surface area (Å²) in [6, 6.07) is 7.48. The second kappa shape index (κ2) is 6.67. The monoisotopic (exact) mass is 362 g/mol. The van der Waals surface area contributed by atoms with Crippen molar-refractivity contribution in [1.82, 2.24) is 5.32 Å². The fourth-order valence-corrected chi connectivity index (χ4v) is 3.15. The fraction of sp³-hybridized carbons (Fsp3) is 0.350. The third-order valence-corrected chi connectivity index (χ3v) is 4.92. The summed E-state index contributed by atoms with van der Waals surface area (Å²) in [4.78, 5) is 12.4. The minimum atomic E-state index is -4.48. The van der Waals surface area contributed by atoms with E-state index in [-0.39, 0.29) is 17.7 Å². The molecule has 2 aromatic rings. The molecule has 2 aromatic carbocycles. The van der Waals surface area contributed by atoms with Crippen molar-refractivity contribution in [2.75, 3.05) is 5.73 Å². The molecular formula is C20H21F3N2O. The number of halogens is 3. The zero-order chi connectivity index (χ0) is 19.1. The Labute approximate surface area is 150 Å². The van der Waals surface area contributed by atoms with Crippen molar-refractivity contribution in [3.05, 3.63) is 63.7 Å². The van der Waals surface area contributed by atoms with E-state index in [0.717, 1.165) is 35.6 Å². The molecule has 3 nitrogen and oxygen atoms in total. The van der Waals surface area contributed by atoms with Crippen LogP contribution in [0.1, 0.15) is 56.9 Å². The van der Waals surface area contributed by atoms with Gasteiger partial charge in [-0.25, -0.2) is 0 Å². The van der Waals surface area contributed by atoms with Gasteiger partial charge in [0.15, 0.2) is 0 Å². The largest absolute Gasteiger partial charge is 0.416 e. The van der Waals surface area contributed by atoms with Gasteiger partial charge in [-0.1, -0.05) is 12.1 Å². The molecule has 1 saturated carbocycles. The molecule has 0 atom stereocenters. The smallest absolute Gasteiger partial charge is 0.399 e. The molecule has 1 amide bonds. The van der Waals surface area contributed by atoms with Gasteiger partial charge in [0.05, 0.1) is 5.56 Å². The molecule has 0 heterocycles. The molecule has 0 unspecified atom stereocenters. The molecule has 138 valence electrons. The first-order chi connectivity index (χ1) is 12.2. The second-order valence-electron chi connectivity index (χ2n) is 6.83. The highest BCUT2D eigenvalue weighted by Gasteiger charge is 2.33. The number of anilines is 1. The first kappa shape index (κ1) is 18.3. The molecule has 3 rings (SSSR count). The summed E-state index contributed by atoms with van der Waals surface area (Å²) < 4.78 is 39.1.